The van der Waals surface area contributed by atoms with E-state index in [4.69, 9.17) is 14.3 Å². The summed E-state index contributed by atoms with van der Waals surface area (Å²) in [6.45, 7) is 6.05. The van der Waals surface area contributed by atoms with E-state index in [2.05, 4.69) is 4.98 Å². The van der Waals surface area contributed by atoms with Crippen LogP contribution in [0.25, 0.3) is 11.5 Å². The Kier molecular flexibility index (Phi) is 7.46. The number of oxazole rings is 1. The molecule has 1 aromatic heterocycles. The van der Waals surface area contributed by atoms with Crippen LogP contribution in [0.15, 0.2) is 28.7 Å². The molecule has 156 valence electrons. The molecule has 0 saturated carbocycles. The first-order valence-corrected chi connectivity index (χ1v) is 9.20. The lowest BCUT2D eigenvalue weighted by Gasteiger charge is -2.38. The van der Waals surface area contributed by atoms with Gasteiger partial charge in [-0.2, -0.15) is 0 Å². The van der Waals surface area contributed by atoms with Crippen LogP contribution in [-0.4, -0.2) is 57.3 Å². The van der Waals surface area contributed by atoms with Crippen LogP contribution >= 0.6 is 0 Å². The number of carbonyl (C=O) groups excluding carboxylic acids is 2. The third-order valence-corrected chi connectivity index (χ3v) is 4.56. The zero-order valence-corrected chi connectivity index (χ0v) is 16.6. The van der Waals surface area contributed by atoms with Crippen LogP contribution in [0.3, 0.4) is 0 Å². The first-order valence-electron chi connectivity index (χ1n) is 9.20. The van der Waals surface area contributed by atoms with Crippen LogP contribution in [0.1, 0.15) is 31.7 Å². The van der Waals surface area contributed by atoms with Crippen molar-refractivity contribution in [1.82, 2.24) is 14.8 Å². The van der Waals surface area contributed by atoms with Gasteiger partial charge in [-0.15, -0.1) is 0 Å². The summed E-state index contributed by atoms with van der Waals surface area (Å²) >= 11 is 0. The zero-order chi connectivity index (χ0) is 21.6. The van der Waals surface area contributed by atoms with Gasteiger partial charge in [0.1, 0.15) is 23.3 Å². The van der Waals surface area contributed by atoms with E-state index >= 15 is 0 Å². The highest BCUT2D eigenvalue weighted by molar-refractivity contribution is 5.94. The number of carbonyl (C=O) groups is 3. The Bertz CT molecular complexity index is 883. The van der Waals surface area contributed by atoms with Gasteiger partial charge >= 0.3 is 0 Å². The Labute approximate surface area is 167 Å². The first kappa shape index (κ1) is 22.1. The summed E-state index contributed by atoms with van der Waals surface area (Å²) in [6, 6.07) is 5.44. The Balaban J connectivity index is 0.000000941. The van der Waals surface area contributed by atoms with Gasteiger partial charge in [0.25, 0.3) is 6.47 Å². The summed E-state index contributed by atoms with van der Waals surface area (Å²) < 4.78 is 19.1. The highest BCUT2D eigenvalue weighted by Crippen LogP contribution is 2.24. The lowest BCUT2D eigenvalue weighted by molar-refractivity contribution is -0.155. The lowest BCUT2D eigenvalue weighted by Crippen LogP contribution is -2.58. The molecule has 2 amide bonds. The largest absolute Gasteiger partial charge is 0.483 e. The van der Waals surface area contributed by atoms with E-state index in [0.29, 0.717) is 29.5 Å². The molecule has 0 spiro atoms. The summed E-state index contributed by atoms with van der Waals surface area (Å²) in [4.78, 5) is 40.8. The molecule has 8 nitrogen and oxygen atoms in total. The maximum Gasteiger partial charge on any atom is 0.290 e. The monoisotopic (exact) mass is 405 g/mol. The molecule has 9 heteroatoms. The van der Waals surface area contributed by atoms with E-state index in [9.17, 15) is 14.0 Å². The van der Waals surface area contributed by atoms with Crippen LogP contribution in [-0.2, 0) is 20.9 Å². The SMILES string of the molecule is CCCN1CC(=O)N(Cc2nc(-c3cccc(F)c3)oc2C)[C@H](C)C1=O.O=CO. The molecule has 0 bridgehead atoms. The van der Waals surface area contributed by atoms with Crippen molar-refractivity contribution in [3.05, 3.63) is 41.5 Å². The summed E-state index contributed by atoms with van der Waals surface area (Å²) in [6.07, 6.45) is 0.811. The maximum atomic E-state index is 13.4. The van der Waals surface area contributed by atoms with Crippen LogP contribution in [0.5, 0.6) is 0 Å². The smallest absolute Gasteiger partial charge is 0.290 e. The van der Waals surface area contributed by atoms with E-state index < -0.39 is 6.04 Å². The fourth-order valence-corrected chi connectivity index (χ4v) is 3.11. The van der Waals surface area contributed by atoms with Crippen LogP contribution < -0.4 is 0 Å². The molecule has 1 aliphatic rings. The average molecular weight is 405 g/mol. The molecule has 1 aromatic carbocycles. The number of benzene rings is 1. The third-order valence-electron chi connectivity index (χ3n) is 4.56. The molecule has 2 aromatic rings. The number of hydrogen-bond donors (Lipinski definition) is 1. The number of halogens is 1. The molecule has 1 saturated heterocycles. The number of piperazine rings is 1. The Morgan fingerprint density at radius 2 is 2.07 bits per heavy atom. The van der Waals surface area contributed by atoms with E-state index in [1.54, 1.807) is 30.9 Å². The maximum absolute atomic E-state index is 13.4. The van der Waals surface area contributed by atoms with Crippen molar-refractivity contribution in [2.24, 2.45) is 0 Å². The second-order valence-corrected chi connectivity index (χ2v) is 6.60. The van der Waals surface area contributed by atoms with E-state index in [1.807, 2.05) is 6.92 Å². The number of aromatic nitrogens is 1. The lowest BCUT2D eigenvalue weighted by atomic mass is 10.1. The number of carboxylic acid groups (broad SMARTS) is 1. The van der Waals surface area contributed by atoms with Gasteiger partial charge in [0.2, 0.25) is 17.7 Å². The molecule has 0 unspecified atom stereocenters. The van der Waals surface area contributed by atoms with Gasteiger partial charge in [-0.1, -0.05) is 13.0 Å². The van der Waals surface area contributed by atoms with Gasteiger partial charge in [-0.05, 0) is 38.5 Å². The quantitative estimate of drug-likeness (QED) is 0.767. The molecule has 3 rings (SSSR count). The standard InChI is InChI=1S/C19H22FN3O3.CH2O2/c1-4-8-22-11-17(24)23(12(2)19(22)25)10-16-13(3)26-18(21-16)14-6-5-7-15(20)9-14;2-1-3/h5-7,9,12H,4,8,10-11H2,1-3H3;1H,(H,2,3)/t12-;/m1./s1. The van der Waals surface area contributed by atoms with E-state index in [0.717, 1.165) is 6.42 Å². The fourth-order valence-electron chi connectivity index (χ4n) is 3.11. The van der Waals surface area contributed by atoms with Gasteiger partial charge in [-0.3, -0.25) is 14.4 Å². The Morgan fingerprint density at radius 3 is 2.69 bits per heavy atom. The predicted molar refractivity (Wildman–Crippen MR) is 102 cm³/mol. The fraction of sp³-hybridized carbons (Fsp3) is 0.400. The van der Waals surface area contributed by atoms with Crippen molar-refractivity contribution < 1.29 is 28.3 Å². The molecule has 1 N–H and O–H groups in total. The molecule has 1 aliphatic heterocycles. The molecular weight excluding hydrogens is 381 g/mol. The first-order chi connectivity index (χ1) is 13.8. The third kappa shape index (κ3) is 5.18. The summed E-state index contributed by atoms with van der Waals surface area (Å²) in [7, 11) is 0. The average Bonchev–Trinajstić information content (AvgIpc) is 3.04. The predicted octanol–water partition coefficient (Wildman–Crippen LogP) is 2.46. The minimum atomic E-state index is -0.545. The van der Waals surface area contributed by atoms with Crippen LogP contribution in [0, 0.1) is 12.7 Å². The summed E-state index contributed by atoms with van der Waals surface area (Å²) in [5.41, 5.74) is 1.10. The van der Waals surface area contributed by atoms with E-state index in [-0.39, 0.29) is 37.2 Å². The normalized spacial score (nSPS) is 16.5. The minimum absolute atomic E-state index is 0.0575. The number of amides is 2. The molecule has 1 fully saturated rings. The minimum Gasteiger partial charge on any atom is -0.483 e. The second-order valence-electron chi connectivity index (χ2n) is 6.60. The number of aryl methyl sites for hydroxylation is 1. The van der Waals surface area contributed by atoms with Crippen molar-refractivity contribution in [1.29, 1.82) is 0 Å². The second kappa shape index (κ2) is 9.81. The highest BCUT2D eigenvalue weighted by Gasteiger charge is 2.36. The zero-order valence-electron chi connectivity index (χ0n) is 16.6. The molecule has 0 aliphatic carbocycles. The Hall–Kier alpha value is -3.23. The van der Waals surface area contributed by atoms with Crippen molar-refractivity contribution in [2.45, 2.75) is 39.8 Å². The van der Waals surface area contributed by atoms with Gasteiger partial charge < -0.3 is 19.3 Å². The molecule has 29 heavy (non-hydrogen) atoms. The summed E-state index contributed by atoms with van der Waals surface area (Å²) in [5, 5.41) is 6.89. The van der Waals surface area contributed by atoms with Crippen LogP contribution in [0.4, 0.5) is 4.39 Å². The topological polar surface area (TPSA) is 104 Å². The van der Waals surface area contributed by atoms with Crippen molar-refractivity contribution in [3.63, 3.8) is 0 Å². The number of nitrogens with zero attached hydrogens (tertiary/aromatic N) is 3. The number of hydrogen-bond acceptors (Lipinski definition) is 5. The van der Waals surface area contributed by atoms with Gasteiger partial charge in [0, 0.05) is 12.1 Å². The van der Waals surface area contributed by atoms with Gasteiger partial charge in [0.15, 0.2) is 0 Å². The van der Waals surface area contributed by atoms with Gasteiger partial charge in [0.05, 0.1) is 13.1 Å². The van der Waals surface area contributed by atoms with E-state index in [1.165, 1.54) is 17.0 Å². The molecule has 2 heterocycles. The van der Waals surface area contributed by atoms with Gasteiger partial charge in [-0.25, -0.2) is 9.37 Å². The highest BCUT2D eigenvalue weighted by atomic mass is 19.1. The van der Waals surface area contributed by atoms with Crippen LogP contribution in [0.2, 0.25) is 0 Å². The summed E-state index contributed by atoms with van der Waals surface area (Å²) in [5.74, 6) is 0.306. The molecular formula is C20H24FN3O5. The number of rotatable bonds is 5. The van der Waals surface area contributed by atoms with Crippen molar-refractivity contribution >= 4 is 18.3 Å². The van der Waals surface area contributed by atoms with Crippen molar-refractivity contribution in [2.75, 3.05) is 13.1 Å². The molecule has 1 atom stereocenters. The molecule has 0 radical (unpaired) electrons. The Morgan fingerprint density at radius 1 is 1.38 bits per heavy atom. The van der Waals surface area contributed by atoms with Crippen molar-refractivity contribution in [3.8, 4) is 11.5 Å².